The molecule has 8 heteroatoms. The van der Waals surface area contributed by atoms with Crippen molar-refractivity contribution in [2.75, 3.05) is 13.6 Å². The van der Waals surface area contributed by atoms with Gasteiger partial charge in [-0.05, 0) is 42.8 Å². The molecule has 3 aromatic heterocycles. The van der Waals surface area contributed by atoms with Gasteiger partial charge in [-0.3, -0.25) is 9.67 Å². The van der Waals surface area contributed by atoms with Gasteiger partial charge in [0.05, 0.1) is 18.3 Å². The van der Waals surface area contributed by atoms with E-state index in [-0.39, 0.29) is 6.04 Å². The van der Waals surface area contributed by atoms with Crippen molar-refractivity contribution in [2.24, 2.45) is 4.99 Å². The smallest absolute Gasteiger partial charge is 0.191 e. The fourth-order valence-electron chi connectivity index (χ4n) is 3.39. The van der Waals surface area contributed by atoms with Crippen molar-refractivity contribution >= 4 is 23.2 Å². The van der Waals surface area contributed by atoms with Crippen LogP contribution in [0.5, 0.6) is 0 Å². The minimum atomic E-state index is 0.00802. The molecule has 0 fully saturated rings. The van der Waals surface area contributed by atoms with Crippen LogP contribution in [0, 0.1) is 6.92 Å². The van der Waals surface area contributed by atoms with E-state index in [4.69, 9.17) is 11.6 Å². The first kappa shape index (κ1) is 20.0. The van der Waals surface area contributed by atoms with Crippen LogP contribution in [0.15, 0.2) is 72.1 Å². The second-order valence-corrected chi connectivity index (χ2v) is 7.42. The number of fused-ring (bicyclic) bond motifs is 1. The van der Waals surface area contributed by atoms with E-state index in [1.54, 1.807) is 13.2 Å². The molecule has 0 spiro atoms. The van der Waals surface area contributed by atoms with Gasteiger partial charge in [0.15, 0.2) is 5.96 Å². The van der Waals surface area contributed by atoms with E-state index < -0.39 is 0 Å². The molecule has 4 aromatic rings. The van der Waals surface area contributed by atoms with Crippen LogP contribution < -0.4 is 10.6 Å². The standard InChI is InChI=1S/C22H24ClN7/c1-16-5-3-6-21-28-19(15-29(16)21)13-25-22(24-2)26-14-20(30-12-4-11-27-30)17-7-9-18(23)10-8-17/h3-12,15,20H,13-14H2,1-2H3,(H2,24,25,26). The van der Waals surface area contributed by atoms with Gasteiger partial charge in [-0.2, -0.15) is 5.10 Å². The second-order valence-electron chi connectivity index (χ2n) is 6.99. The average molecular weight is 422 g/mol. The molecule has 2 N–H and O–H groups in total. The first-order valence-corrected chi connectivity index (χ1v) is 10.1. The number of benzene rings is 1. The summed E-state index contributed by atoms with van der Waals surface area (Å²) in [4.78, 5) is 9.01. The number of halogens is 1. The first-order valence-electron chi connectivity index (χ1n) is 9.77. The summed E-state index contributed by atoms with van der Waals surface area (Å²) in [7, 11) is 1.76. The molecule has 4 rings (SSSR count). The summed E-state index contributed by atoms with van der Waals surface area (Å²) in [6, 6.07) is 15.8. The molecule has 1 atom stereocenters. The Morgan fingerprint density at radius 3 is 2.67 bits per heavy atom. The maximum atomic E-state index is 6.05. The lowest BCUT2D eigenvalue weighted by molar-refractivity contribution is 0.510. The van der Waals surface area contributed by atoms with Crippen molar-refractivity contribution in [3.8, 4) is 0 Å². The summed E-state index contributed by atoms with van der Waals surface area (Å²) in [5.41, 5.74) is 4.16. The van der Waals surface area contributed by atoms with E-state index in [2.05, 4.69) is 43.1 Å². The molecule has 0 aliphatic carbocycles. The van der Waals surface area contributed by atoms with Crippen LogP contribution in [0.2, 0.25) is 5.02 Å². The van der Waals surface area contributed by atoms with Gasteiger partial charge < -0.3 is 15.0 Å². The number of nitrogens with zero attached hydrogens (tertiary/aromatic N) is 5. The largest absolute Gasteiger partial charge is 0.354 e. The number of guanidine groups is 1. The predicted molar refractivity (Wildman–Crippen MR) is 120 cm³/mol. The molecular formula is C22H24ClN7. The lowest BCUT2D eigenvalue weighted by Gasteiger charge is -2.20. The van der Waals surface area contributed by atoms with Crippen LogP contribution in [-0.2, 0) is 6.54 Å². The number of rotatable bonds is 6. The zero-order valence-corrected chi connectivity index (χ0v) is 17.7. The van der Waals surface area contributed by atoms with Gasteiger partial charge in [0.25, 0.3) is 0 Å². The highest BCUT2D eigenvalue weighted by molar-refractivity contribution is 6.30. The van der Waals surface area contributed by atoms with E-state index in [0.717, 1.165) is 22.6 Å². The van der Waals surface area contributed by atoms with Crippen LogP contribution in [0.3, 0.4) is 0 Å². The molecule has 0 aliphatic rings. The van der Waals surface area contributed by atoms with Crippen LogP contribution in [0.1, 0.15) is 23.0 Å². The SMILES string of the molecule is CN=C(NCc1cn2c(C)cccc2n1)NCC(c1ccc(Cl)cc1)n1cccn1. The molecule has 1 aromatic carbocycles. The third-order valence-electron chi connectivity index (χ3n) is 4.97. The maximum Gasteiger partial charge on any atom is 0.191 e. The number of nitrogens with one attached hydrogen (secondary N) is 2. The normalized spacial score (nSPS) is 12.8. The van der Waals surface area contributed by atoms with Crippen LogP contribution in [0.25, 0.3) is 5.65 Å². The van der Waals surface area contributed by atoms with Crippen LogP contribution in [-0.4, -0.2) is 38.7 Å². The predicted octanol–water partition coefficient (Wildman–Crippen LogP) is 3.45. The van der Waals surface area contributed by atoms with E-state index in [1.165, 1.54) is 0 Å². The summed E-state index contributed by atoms with van der Waals surface area (Å²) >= 11 is 6.05. The molecule has 0 saturated heterocycles. The Hall–Kier alpha value is -3.32. The molecule has 0 amide bonds. The first-order chi connectivity index (χ1) is 14.6. The van der Waals surface area contributed by atoms with E-state index in [0.29, 0.717) is 24.1 Å². The number of aliphatic imine (C=N–C) groups is 1. The Morgan fingerprint density at radius 2 is 1.97 bits per heavy atom. The number of hydrogen-bond donors (Lipinski definition) is 2. The van der Waals surface area contributed by atoms with Crippen LogP contribution in [0.4, 0.5) is 0 Å². The second kappa shape index (κ2) is 9.00. The summed E-state index contributed by atoms with van der Waals surface area (Å²) in [6.07, 6.45) is 5.78. The zero-order chi connectivity index (χ0) is 20.9. The minimum Gasteiger partial charge on any atom is -0.354 e. The summed E-state index contributed by atoms with van der Waals surface area (Å²) < 4.78 is 4.01. The van der Waals surface area contributed by atoms with Crippen molar-refractivity contribution in [2.45, 2.75) is 19.5 Å². The molecule has 0 bridgehead atoms. The maximum absolute atomic E-state index is 6.05. The van der Waals surface area contributed by atoms with Crippen molar-refractivity contribution in [1.29, 1.82) is 0 Å². The van der Waals surface area contributed by atoms with E-state index in [9.17, 15) is 0 Å². The van der Waals surface area contributed by atoms with Gasteiger partial charge >= 0.3 is 0 Å². The highest BCUT2D eigenvalue weighted by atomic mass is 35.5. The molecule has 0 radical (unpaired) electrons. The van der Waals surface area contributed by atoms with E-state index in [1.807, 2.05) is 59.5 Å². The number of pyridine rings is 1. The van der Waals surface area contributed by atoms with Gasteiger partial charge in [0.1, 0.15) is 5.65 Å². The van der Waals surface area contributed by atoms with Crippen molar-refractivity contribution in [3.05, 3.63) is 89.1 Å². The Kier molecular flexibility index (Phi) is 5.99. The summed E-state index contributed by atoms with van der Waals surface area (Å²) in [6.45, 7) is 3.26. The molecule has 0 saturated carbocycles. The third-order valence-corrected chi connectivity index (χ3v) is 5.22. The van der Waals surface area contributed by atoms with Gasteiger partial charge in [-0.15, -0.1) is 0 Å². The summed E-state index contributed by atoms with van der Waals surface area (Å²) in [5.74, 6) is 0.704. The Morgan fingerprint density at radius 1 is 1.13 bits per heavy atom. The molecule has 3 heterocycles. The highest BCUT2D eigenvalue weighted by Crippen LogP contribution is 2.19. The fourth-order valence-corrected chi connectivity index (χ4v) is 3.51. The molecule has 7 nitrogen and oxygen atoms in total. The summed E-state index contributed by atoms with van der Waals surface area (Å²) in [5, 5.41) is 11.9. The minimum absolute atomic E-state index is 0.00802. The molecular weight excluding hydrogens is 398 g/mol. The molecule has 0 aliphatic heterocycles. The van der Waals surface area contributed by atoms with Gasteiger partial charge in [0.2, 0.25) is 0 Å². The van der Waals surface area contributed by atoms with E-state index >= 15 is 0 Å². The third kappa shape index (κ3) is 4.46. The van der Waals surface area contributed by atoms with Gasteiger partial charge in [0, 0.05) is 42.9 Å². The molecule has 1 unspecified atom stereocenters. The zero-order valence-electron chi connectivity index (χ0n) is 17.0. The number of aryl methyl sites for hydroxylation is 1. The highest BCUT2D eigenvalue weighted by Gasteiger charge is 2.15. The monoisotopic (exact) mass is 421 g/mol. The Bertz CT molecular complexity index is 1130. The Balaban J connectivity index is 1.43. The fraction of sp³-hybridized carbons (Fsp3) is 0.227. The number of hydrogen-bond acceptors (Lipinski definition) is 3. The van der Waals surface area contributed by atoms with Crippen molar-refractivity contribution in [3.63, 3.8) is 0 Å². The number of imidazole rings is 1. The van der Waals surface area contributed by atoms with Crippen molar-refractivity contribution < 1.29 is 0 Å². The average Bonchev–Trinajstić information content (AvgIpc) is 3.42. The Labute approximate surface area is 180 Å². The van der Waals surface area contributed by atoms with Crippen molar-refractivity contribution in [1.82, 2.24) is 29.8 Å². The van der Waals surface area contributed by atoms with Crippen LogP contribution >= 0.6 is 11.6 Å². The molecule has 30 heavy (non-hydrogen) atoms. The quantitative estimate of drug-likeness (QED) is 0.369. The van der Waals surface area contributed by atoms with Gasteiger partial charge in [-0.1, -0.05) is 29.8 Å². The topological polar surface area (TPSA) is 71.5 Å². The lowest BCUT2D eigenvalue weighted by atomic mass is 10.1. The number of aromatic nitrogens is 4. The molecule has 154 valence electrons. The lowest BCUT2D eigenvalue weighted by Crippen LogP contribution is -2.40. The van der Waals surface area contributed by atoms with Gasteiger partial charge in [-0.25, -0.2) is 4.98 Å².